The van der Waals surface area contributed by atoms with Gasteiger partial charge in [-0.2, -0.15) is 5.11 Å². The van der Waals surface area contributed by atoms with Gasteiger partial charge in [-0.3, -0.25) is 0 Å². The van der Waals surface area contributed by atoms with E-state index in [0.717, 1.165) is 35.4 Å². The van der Waals surface area contributed by atoms with Gasteiger partial charge in [0.25, 0.3) is 0 Å². The lowest BCUT2D eigenvalue weighted by molar-refractivity contribution is 0.835. The lowest BCUT2D eigenvalue weighted by Gasteiger charge is -2.10. The first-order chi connectivity index (χ1) is 11.8. The summed E-state index contributed by atoms with van der Waals surface area (Å²) in [5, 5.41) is 15.2. The van der Waals surface area contributed by atoms with Crippen molar-refractivity contribution in [1.82, 2.24) is 0 Å². The van der Waals surface area contributed by atoms with Gasteiger partial charge in [-0.1, -0.05) is 49.2 Å². The third-order valence-electron chi connectivity index (χ3n) is 3.85. The Morgan fingerprint density at radius 3 is 2.38 bits per heavy atom. The second kappa shape index (κ2) is 7.93. The number of halogens is 1. The van der Waals surface area contributed by atoms with Gasteiger partial charge < -0.3 is 5.32 Å². The molecule has 3 nitrogen and oxygen atoms in total. The van der Waals surface area contributed by atoms with Gasteiger partial charge in [-0.05, 0) is 42.8 Å². The molecule has 0 aliphatic heterocycles. The summed E-state index contributed by atoms with van der Waals surface area (Å²) in [6, 6.07) is 19.7. The number of nitrogens with zero attached hydrogens (tertiary/aromatic N) is 2. The van der Waals surface area contributed by atoms with Crippen LogP contribution in [0.15, 0.2) is 70.9 Å². The van der Waals surface area contributed by atoms with Crippen LogP contribution in [-0.2, 0) is 0 Å². The van der Waals surface area contributed by atoms with Crippen LogP contribution in [-0.4, -0.2) is 6.54 Å². The van der Waals surface area contributed by atoms with Crippen molar-refractivity contribution in [2.24, 2.45) is 10.2 Å². The molecule has 0 saturated carbocycles. The van der Waals surface area contributed by atoms with E-state index in [1.807, 2.05) is 42.5 Å². The maximum Gasteiger partial charge on any atom is 0.0936 e. The van der Waals surface area contributed by atoms with Gasteiger partial charge in [0.05, 0.1) is 11.4 Å². The molecule has 0 heterocycles. The maximum atomic E-state index is 5.90. The maximum absolute atomic E-state index is 5.90. The monoisotopic (exact) mass is 337 g/mol. The van der Waals surface area contributed by atoms with Gasteiger partial charge in [0.15, 0.2) is 0 Å². The third-order valence-corrected chi connectivity index (χ3v) is 4.10. The zero-order valence-corrected chi connectivity index (χ0v) is 14.4. The molecule has 4 heteroatoms. The highest BCUT2D eigenvalue weighted by Crippen LogP contribution is 2.33. The van der Waals surface area contributed by atoms with Crippen molar-refractivity contribution in [3.63, 3.8) is 0 Å². The predicted octanol–water partition coefficient (Wildman–Crippen LogP) is 7.12. The minimum absolute atomic E-state index is 0.696. The summed E-state index contributed by atoms with van der Waals surface area (Å²) in [6.45, 7) is 3.17. The van der Waals surface area contributed by atoms with Crippen LogP contribution in [0.1, 0.15) is 19.8 Å². The molecule has 0 bridgehead atoms. The molecule has 0 saturated heterocycles. The van der Waals surface area contributed by atoms with Crippen molar-refractivity contribution in [3.05, 3.63) is 65.7 Å². The van der Waals surface area contributed by atoms with Crippen LogP contribution in [0.3, 0.4) is 0 Å². The summed E-state index contributed by atoms with van der Waals surface area (Å²) in [7, 11) is 0. The van der Waals surface area contributed by atoms with E-state index in [0.29, 0.717) is 5.02 Å². The molecule has 1 N–H and O–H groups in total. The summed E-state index contributed by atoms with van der Waals surface area (Å²) in [6.07, 6.45) is 2.34. The van der Waals surface area contributed by atoms with Crippen LogP contribution in [0.25, 0.3) is 10.8 Å². The van der Waals surface area contributed by atoms with Crippen LogP contribution < -0.4 is 5.32 Å². The van der Waals surface area contributed by atoms with Crippen molar-refractivity contribution < 1.29 is 0 Å². The van der Waals surface area contributed by atoms with Gasteiger partial charge in [0.1, 0.15) is 0 Å². The van der Waals surface area contributed by atoms with Crippen molar-refractivity contribution in [3.8, 4) is 0 Å². The molecule has 0 amide bonds. The quantitative estimate of drug-likeness (QED) is 0.377. The van der Waals surface area contributed by atoms with Crippen molar-refractivity contribution >= 4 is 39.4 Å². The smallest absolute Gasteiger partial charge is 0.0936 e. The molecule has 24 heavy (non-hydrogen) atoms. The molecular formula is C20H20ClN3. The Bertz CT molecular complexity index is 841. The molecule has 0 fully saturated rings. The normalized spacial score (nSPS) is 11.2. The van der Waals surface area contributed by atoms with E-state index in [1.165, 1.54) is 11.8 Å². The Hall–Kier alpha value is -2.39. The third kappa shape index (κ3) is 3.92. The molecular weight excluding hydrogens is 318 g/mol. The molecule has 0 spiro atoms. The zero-order chi connectivity index (χ0) is 16.8. The molecule has 3 aromatic rings. The molecule has 0 aromatic heterocycles. The molecule has 0 radical (unpaired) electrons. The fourth-order valence-electron chi connectivity index (χ4n) is 2.54. The van der Waals surface area contributed by atoms with Crippen molar-refractivity contribution in [2.75, 3.05) is 11.9 Å². The van der Waals surface area contributed by atoms with E-state index < -0.39 is 0 Å². The summed E-state index contributed by atoms with van der Waals surface area (Å²) in [5.41, 5.74) is 2.79. The van der Waals surface area contributed by atoms with E-state index in [9.17, 15) is 0 Å². The van der Waals surface area contributed by atoms with Gasteiger partial charge in [-0.15, -0.1) is 5.11 Å². The van der Waals surface area contributed by atoms with Crippen molar-refractivity contribution in [1.29, 1.82) is 0 Å². The van der Waals surface area contributed by atoms with E-state index in [-0.39, 0.29) is 0 Å². The van der Waals surface area contributed by atoms with Crippen LogP contribution in [0.5, 0.6) is 0 Å². The number of nitrogens with one attached hydrogen (secondary N) is 1. The average Bonchev–Trinajstić information content (AvgIpc) is 2.62. The first-order valence-corrected chi connectivity index (χ1v) is 8.58. The van der Waals surface area contributed by atoms with E-state index in [2.05, 4.69) is 40.7 Å². The largest absolute Gasteiger partial charge is 0.385 e. The molecule has 0 unspecified atom stereocenters. The SMILES string of the molecule is CCCCNc1ccc(N=Nc2ccc(Cl)cc2)c2ccccc12. The Balaban J connectivity index is 1.91. The fraction of sp³-hybridized carbons (Fsp3) is 0.200. The second-order valence-corrected chi connectivity index (χ2v) is 6.07. The number of unbranched alkanes of at least 4 members (excludes halogenated alkanes) is 1. The highest BCUT2D eigenvalue weighted by atomic mass is 35.5. The first kappa shape index (κ1) is 16.5. The number of hydrogen-bond acceptors (Lipinski definition) is 3. The van der Waals surface area contributed by atoms with Gasteiger partial charge in [0.2, 0.25) is 0 Å². The molecule has 3 aromatic carbocycles. The zero-order valence-electron chi connectivity index (χ0n) is 13.7. The van der Waals surface area contributed by atoms with Crippen LogP contribution >= 0.6 is 11.6 Å². The molecule has 0 aliphatic carbocycles. The molecule has 3 rings (SSSR count). The number of rotatable bonds is 6. The second-order valence-electron chi connectivity index (χ2n) is 5.63. The average molecular weight is 338 g/mol. The fourth-order valence-corrected chi connectivity index (χ4v) is 2.67. The summed E-state index contributed by atoms with van der Waals surface area (Å²) in [4.78, 5) is 0. The summed E-state index contributed by atoms with van der Waals surface area (Å²) in [5.74, 6) is 0. The predicted molar refractivity (Wildman–Crippen MR) is 103 cm³/mol. The standard InChI is InChI=1S/C20H20ClN3/c1-2-3-14-22-19-12-13-20(18-7-5-4-6-17(18)19)24-23-16-10-8-15(21)9-11-16/h4-13,22H,2-3,14H2,1H3. The highest BCUT2D eigenvalue weighted by Gasteiger charge is 2.05. The summed E-state index contributed by atoms with van der Waals surface area (Å²) >= 11 is 5.90. The number of benzene rings is 3. The Kier molecular flexibility index (Phi) is 5.44. The van der Waals surface area contributed by atoms with Crippen LogP contribution in [0, 0.1) is 0 Å². The first-order valence-electron chi connectivity index (χ1n) is 8.21. The summed E-state index contributed by atoms with van der Waals surface area (Å²) < 4.78 is 0. The van der Waals surface area contributed by atoms with Crippen molar-refractivity contribution in [2.45, 2.75) is 19.8 Å². The highest BCUT2D eigenvalue weighted by molar-refractivity contribution is 6.30. The van der Waals surface area contributed by atoms with Gasteiger partial charge in [0, 0.05) is 28.0 Å². The number of fused-ring (bicyclic) bond motifs is 1. The lowest BCUT2D eigenvalue weighted by atomic mass is 10.1. The van der Waals surface area contributed by atoms with E-state index >= 15 is 0 Å². The Labute approximate surface area is 147 Å². The minimum Gasteiger partial charge on any atom is -0.385 e. The number of anilines is 1. The Morgan fingerprint density at radius 2 is 1.62 bits per heavy atom. The van der Waals surface area contributed by atoms with Crippen LogP contribution in [0.4, 0.5) is 17.1 Å². The molecule has 122 valence electrons. The van der Waals surface area contributed by atoms with E-state index in [4.69, 9.17) is 11.6 Å². The van der Waals surface area contributed by atoms with Crippen LogP contribution in [0.2, 0.25) is 5.02 Å². The lowest BCUT2D eigenvalue weighted by Crippen LogP contribution is -2.01. The van der Waals surface area contributed by atoms with Gasteiger partial charge in [-0.25, -0.2) is 0 Å². The van der Waals surface area contributed by atoms with E-state index in [1.54, 1.807) is 0 Å². The molecule has 0 aliphatic rings. The Morgan fingerprint density at radius 1 is 0.875 bits per heavy atom. The number of azo groups is 1. The topological polar surface area (TPSA) is 36.8 Å². The number of hydrogen-bond donors (Lipinski definition) is 1. The van der Waals surface area contributed by atoms with Gasteiger partial charge >= 0.3 is 0 Å². The minimum atomic E-state index is 0.696. The molecule has 0 atom stereocenters.